The van der Waals surface area contributed by atoms with Crippen LogP contribution in [0.5, 0.6) is 0 Å². The first-order chi connectivity index (χ1) is 7.31. The van der Waals surface area contributed by atoms with Gasteiger partial charge in [0.15, 0.2) is 0 Å². The summed E-state index contributed by atoms with van der Waals surface area (Å²) in [4.78, 5) is 4.27. The fourth-order valence-corrected chi connectivity index (χ4v) is 1.59. The van der Waals surface area contributed by atoms with E-state index >= 15 is 0 Å². The third-order valence-electron chi connectivity index (χ3n) is 1.98. The molecule has 0 saturated heterocycles. The van der Waals surface area contributed by atoms with Crippen molar-refractivity contribution in [2.75, 3.05) is 5.75 Å². The van der Waals surface area contributed by atoms with Gasteiger partial charge in [-0.15, -0.1) is 0 Å². The van der Waals surface area contributed by atoms with Crippen molar-refractivity contribution in [3.63, 3.8) is 0 Å². The minimum absolute atomic E-state index is 0.447. The predicted octanol–water partition coefficient (Wildman–Crippen LogP) is 3.17. The molecule has 0 aliphatic rings. The molecule has 2 rings (SSSR count). The zero-order valence-corrected chi connectivity index (χ0v) is 9.52. The van der Waals surface area contributed by atoms with Gasteiger partial charge in [-0.2, -0.15) is 12.6 Å². The molecule has 0 aliphatic heterocycles. The molecule has 1 heterocycles. The van der Waals surface area contributed by atoms with Crippen molar-refractivity contribution in [3.8, 4) is 11.8 Å². The molecule has 0 saturated carbocycles. The number of nitrogens with zero attached hydrogens (tertiary/aromatic N) is 1. The Kier molecular flexibility index (Phi) is 3.15. The number of aromatic nitrogens is 1. The molecule has 0 bridgehead atoms. The lowest BCUT2D eigenvalue weighted by Gasteiger charge is -1.99. The third kappa shape index (κ3) is 2.26. The summed E-state index contributed by atoms with van der Waals surface area (Å²) in [5.41, 5.74) is 1.64. The third-order valence-corrected chi connectivity index (χ3v) is 2.43. The second-order valence-electron chi connectivity index (χ2n) is 2.98. The molecular formula is C12H8ClNS. The van der Waals surface area contributed by atoms with Crippen molar-refractivity contribution in [1.82, 2.24) is 4.98 Å². The zero-order chi connectivity index (χ0) is 10.7. The van der Waals surface area contributed by atoms with Gasteiger partial charge >= 0.3 is 0 Å². The molecule has 3 heteroatoms. The van der Waals surface area contributed by atoms with Crippen LogP contribution >= 0.6 is 24.2 Å². The molecule has 0 fully saturated rings. The highest BCUT2D eigenvalue weighted by molar-refractivity contribution is 7.80. The van der Waals surface area contributed by atoms with E-state index < -0.39 is 0 Å². The molecule has 1 aromatic heterocycles. The average molecular weight is 234 g/mol. The summed E-state index contributed by atoms with van der Waals surface area (Å²) in [6.07, 6.45) is 0. The van der Waals surface area contributed by atoms with Crippen LogP contribution in [-0.4, -0.2) is 10.7 Å². The van der Waals surface area contributed by atoms with Crippen LogP contribution in [0.1, 0.15) is 5.56 Å². The zero-order valence-electron chi connectivity index (χ0n) is 7.87. The molecule has 0 atom stereocenters. The van der Waals surface area contributed by atoms with E-state index in [2.05, 4.69) is 29.5 Å². The number of pyridine rings is 1. The summed E-state index contributed by atoms with van der Waals surface area (Å²) >= 11 is 10.0. The molecule has 0 unspecified atom stereocenters. The number of benzene rings is 1. The van der Waals surface area contributed by atoms with E-state index in [9.17, 15) is 0 Å². The Balaban J connectivity index is 2.62. The molecule has 0 aliphatic carbocycles. The van der Waals surface area contributed by atoms with Gasteiger partial charge in [0, 0.05) is 5.39 Å². The van der Waals surface area contributed by atoms with Crippen molar-refractivity contribution in [2.24, 2.45) is 0 Å². The normalized spacial score (nSPS) is 9.73. The van der Waals surface area contributed by atoms with Crippen molar-refractivity contribution < 1.29 is 0 Å². The van der Waals surface area contributed by atoms with E-state index in [1.807, 2.05) is 30.3 Å². The number of fused-ring (bicyclic) bond motifs is 1. The minimum atomic E-state index is 0.447. The number of para-hydroxylation sites is 1. The standard InChI is InChI=1S/C12H8ClNS/c13-12-10(5-3-7-15)8-9-4-1-2-6-11(9)14-12/h1-2,4,6,8,15H,7H2. The first-order valence-corrected chi connectivity index (χ1v) is 5.47. The van der Waals surface area contributed by atoms with Gasteiger partial charge in [0.05, 0.1) is 16.8 Å². The van der Waals surface area contributed by atoms with Crippen LogP contribution in [0.25, 0.3) is 10.9 Å². The second-order valence-corrected chi connectivity index (χ2v) is 3.65. The van der Waals surface area contributed by atoms with Crippen LogP contribution in [0.2, 0.25) is 5.15 Å². The Labute approximate surface area is 98.9 Å². The van der Waals surface area contributed by atoms with Gasteiger partial charge in [0.2, 0.25) is 0 Å². The van der Waals surface area contributed by atoms with Gasteiger partial charge in [0.1, 0.15) is 5.15 Å². The van der Waals surface area contributed by atoms with E-state index in [4.69, 9.17) is 11.6 Å². The molecule has 1 aromatic carbocycles. The van der Waals surface area contributed by atoms with Gasteiger partial charge in [-0.1, -0.05) is 41.6 Å². The van der Waals surface area contributed by atoms with Gasteiger partial charge in [-0.05, 0) is 12.1 Å². The molecule has 0 spiro atoms. The maximum atomic E-state index is 6.00. The fourth-order valence-electron chi connectivity index (χ4n) is 1.31. The smallest absolute Gasteiger partial charge is 0.145 e. The summed E-state index contributed by atoms with van der Waals surface area (Å²) in [5, 5.41) is 1.49. The van der Waals surface area contributed by atoms with Crippen molar-refractivity contribution in [3.05, 3.63) is 41.0 Å². The summed E-state index contributed by atoms with van der Waals surface area (Å²) in [5.74, 6) is 6.31. The lowest BCUT2D eigenvalue weighted by Crippen LogP contribution is -1.85. The topological polar surface area (TPSA) is 12.9 Å². The van der Waals surface area contributed by atoms with Crippen LogP contribution in [0, 0.1) is 11.8 Å². The SMILES string of the molecule is SCC#Cc1cc2ccccc2nc1Cl. The highest BCUT2D eigenvalue weighted by Gasteiger charge is 2.01. The first kappa shape index (κ1) is 10.4. The highest BCUT2D eigenvalue weighted by atomic mass is 35.5. The first-order valence-electron chi connectivity index (χ1n) is 4.46. The van der Waals surface area contributed by atoms with Gasteiger partial charge in [0.25, 0.3) is 0 Å². The van der Waals surface area contributed by atoms with Crippen LogP contribution in [-0.2, 0) is 0 Å². The Morgan fingerprint density at radius 2 is 2.13 bits per heavy atom. The van der Waals surface area contributed by atoms with Crippen LogP contribution < -0.4 is 0 Å². The predicted molar refractivity (Wildman–Crippen MR) is 67.5 cm³/mol. The molecule has 74 valence electrons. The summed E-state index contributed by atoms with van der Waals surface area (Å²) in [6.45, 7) is 0. The maximum absolute atomic E-state index is 6.00. The quantitative estimate of drug-likeness (QED) is 0.419. The van der Waals surface area contributed by atoms with Gasteiger partial charge in [-0.3, -0.25) is 0 Å². The summed E-state index contributed by atoms with van der Waals surface area (Å²) < 4.78 is 0. The Morgan fingerprint density at radius 1 is 1.33 bits per heavy atom. The van der Waals surface area contributed by atoms with Gasteiger partial charge in [-0.25, -0.2) is 4.98 Å². The highest BCUT2D eigenvalue weighted by Crippen LogP contribution is 2.19. The molecule has 0 N–H and O–H groups in total. The molecule has 15 heavy (non-hydrogen) atoms. The lowest BCUT2D eigenvalue weighted by atomic mass is 10.1. The number of hydrogen-bond donors (Lipinski definition) is 1. The monoisotopic (exact) mass is 233 g/mol. The van der Waals surface area contributed by atoms with Crippen molar-refractivity contribution >= 4 is 35.1 Å². The fraction of sp³-hybridized carbons (Fsp3) is 0.0833. The van der Waals surface area contributed by atoms with Crippen LogP contribution in [0.3, 0.4) is 0 Å². The van der Waals surface area contributed by atoms with Crippen LogP contribution in [0.4, 0.5) is 0 Å². The van der Waals surface area contributed by atoms with Gasteiger partial charge < -0.3 is 0 Å². The number of rotatable bonds is 0. The van der Waals surface area contributed by atoms with Crippen molar-refractivity contribution in [2.45, 2.75) is 0 Å². The van der Waals surface area contributed by atoms with E-state index in [1.54, 1.807) is 0 Å². The Bertz CT molecular complexity index is 554. The number of halogens is 1. The molecule has 2 aromatic rings. The number of hydrogen-bond acceptors (Lipinski definition) is 2. The molecule has 1 nitrogen and oxygen atoms in total. The van der Waals surface area contributed by atoms with Crippen LogP contribution in [0.15, 0.2) is 30.3 Å². The number of thiol groups is 1. The van der Waals surface area contributed by atoms with E-state index in [0.29, 0.717) is 10.9 Å². The second kappa shape index (κ2) is 4.57. The Hall–Kier alpha value is -1.17. The van der Waals surface area contributed by atoms with E-state index in [0.717, 1.165) is 16.5 Å². The Morgan fingerprint density at radius 3 is 2.93 bits per heavy atom. The largest absolute Gasteiger partial charge is 0.235 e. The lowest BCUT2D eigenvalue weighted by molar-refractivity contribution is 1.39. The van der Waals surface area contributed by atoms with E-state index in [1.165, 1.54) is 0 Å². The minimum Gasteiger partial charge on any atom is -0.235 e. The molecular weight excluding hydrogens is 226 g/mol. The molecule has 0 radical (unpaired) electrons. The molecule has 0 amide bonds. The van der Waals surface area contributed by atoms with E-state index in [-0.39, 0.29) is 0 Å². The maximum Gasteiger partial charge on any atom is 0.145 e. The summed E-state index contributed by atoms with van der Waals surface area (Å²) in [7, 11) is 0. The van der Waals surface area contributed by atoms with Crippen molar-refractivity contribution in [1.29, 1.82) is 0 Å². The average Bonchev–Trinajstić information content (AvgIpc) is 2.26. The summed E-state index contributed by atoms with van der Waals surface area (Å²) in [6, 6.07) is 9.77.